The molecule has 0 amide bonds. The lowest BCUT2D eigenvalue weighted by Crippen LogP contribution is -2.71. The molecule has 0 aromatic carbocycles. The van der Waals surface area contributed by atoms with Gasteiger partial charge >= 0.3 is 5.97 Å². The van der Waals surface area contributed by atoms with Crippen LogP contribution < -0.4 is 0 Å². The van der Waals surface area contributed by atoms with E-state index in [0.717, 1.165) is 11.8 Å². The van der Waals surface area contributed by atoms with Crippen LogP contribution in [-0.2, 0) is 14.3 Å². The Morgan fingerprint density at radius 3 is 2.53 bits per heavy atom. The number of carboxylic acids is 1. The Balaban J connectivity index is 2.51. The van der Waals surface area contributed by atoms with Crippen LogP contribution in [0.5, 0.6) is 0 Å². The monoisotopic (exact) mass is 285 g/mol. The van der Waals surface area contributed by atoms with Crippen molar-refractivity contribution in [3.8, 4) is 0 Å². The fraction of sp³-hybridized carbons (Fsp3) is 0.692. The number of hydrogen-bond acceptors (Lipinski definition) is 5. The van der Waals surface area contributed by atoms with Crippen LogP contribution in [0.2, 0.25) is 0 Å². The first-order valence-corrected chi connectivity index (χ1v) is 7.02. The van der Waals surface area contributed by atoms with E-state index in [4.69, 9.17) is 4.74 Å². The molecular weight excluding hydrogens is 266 g/mol. The van der Waals surface area contributed by atoms with E-state index in [-0.39, 0.29) is 22.8 Å². The van der Waals surface area contributed by atoms with Gasteiger partial charge in [-0.1, -0.05) is 20.8 Å². The van der Waals surface area contributed by atoms with Crippen molar-refractivity contribution in [2.75, 3.05) is 20.3 Å². The molecule has 2 aliphatic heterocycles. The molecule has 19 heavy (non-hydrogen) atoms. The molecule has 1 saturated heterocycles. The van der Waals surface area contributed by atoms with Gasteiger partial charge in [0.2, 0.25) is 5.12 Å². The topological polar surface area (TPSA) is 66.8 Å². The third kappa shape index (κ3) is 1.89. The molecule has 2 aliphatic rings. The van der Waals surface area contributed by atoms with E-state index in [1.54, 1.807) is 4.90 Å². The van der Waals surface area contributed by atoms with Crippen LogP contribution in [0.1, 0.15) is 27.2 Å². The first-order chi connectivity index (χ1) is 8.75. The number of carbonyl (C=O) groups excluding carboxylic acids is 1. The number of thioether (sulfide) groups is 1. The van der Waals surface area contributed by atoms with Crippen molar-refractivity contribution < 1.29 is 19.4 Å². The van der Waals surface area contributed by atoms with E-state index < -0.39 is 11.5 Å². The van der Waals surface area contributed by atoms with Gasteiger partial charge < -0.3 is 14.7 Å². The first kappa shape index (κ1) is 14.4. The highest BCUT2D eigenvalue weighted by Gasteiger charge is 2.62. The second kappa shape index (κ2) is 4.52. The van der Waals surface area contributed by atoms with Crippen molar-refractivity contribution >= 4 is 22.8 Å². The van der Waals surface area contributed by atoms with Crippen LogP contribution in [0.3, 0.4) is 0 Å². The summed E-state index contributed by atoms with van der Waals surface area (Å²) in [6, 6.07) is 0. The Morgan fingerprint density at radius 2 is 2.16 bits per heavy atom. The number of nitrogens with zero attached hydrogens (tertiary/aromatic N) is 1. The van der Waals surface area contributed by atoms with Crippen LogP contribution in [0.25, 0.3) is 0 Å². The fourth-order valence-corrected chi connectivity index (χ4v) is 4.29. The number of methoxy groups -OCH3 is 1. The molecule has 0 aromatic heterocycles. The van der Waals surface area contributed by atoms with E-state index in [0.29, 0.717) is 17.9 Å². The van der Waals surface area contributed by atoms with E-state index in [1.165, 1.54) is 7.11 Å². The van der Waals surface area contributed by atoms with Crippen LogP contribution in [0, 0.1) is 5.41 Å². The molecule has 0 spiro atoms. The van der Waals surface area contributed by atoms with Crippen molar-refractivity contribution in [1.82, 2.24) is 4.90 Å². The van der Waals surface area contributed by atoms with Gasteiger partial charge in [-0.25, -0.2) is 4.79 Å². The molecule has 0 radical (unpaired) electrons. The summed E-state index contributed by atoms with van der Waals surface area (Å²) < 4.78 is 5.02. The Morgan fingerprint density at radius 1 is 1.53 bits per heavy atom. The van der Waals surface area contributed by atoms with Crippen LogP contribution in [0.4, 0.5) is 0 Å². The Labute approximate surface area is 117 Å². The standard InChI is InChI=1S/C13H19NO4S/c1-12(2,3)13-5-6-14(13)9(10(15)16)8(7-18-4)19-11(13)17/h5-7H2,1-4H3,(H,15,16). The maximum absolute atomic E-state index is 12.5. The average molecular weight is 285 g/mol. The molecule has 106 valence electrons. The normalized spacial score (nSPS) is 27.2. The van der Waals surface area contributed by atoms with Crippen molar-refractivity contribution in [3.05, 3.63) is 10.6 Å². The molecule has 1 N–H and O–H groups in total. The zero-order chi connectivity index (χ0) is 14.4. The van der Waals surface area contributed by atoms with Gasteiger partial charge in [0.15, 0.2) is 0 Å². The Kier molecular flexibility index (Phi) is 3.43. The number of ether oxygens (including phenoxy) is 1. The van der Waals surface area contributed by atoms with E-state index in [1.807, 2.05) is 20.8 Å². The van der Waals surface area contributed by atoms with Crippen molar-refractivity contribution in [1.29, 1.82) is 0 Å². The molecule has 0 saturated carbocycles. The highest BCUT2D eigenvalue weighted by Crippen LogP contribution is 2.54. The fourth-order valence-electron chi connectivity index (χ4n) is 2.91. The molecule has 0 aromatic rings. The van der Waals surface area contributed by atoms with Crippen LogP contribution in [0.15, 0.2) is 10.6 Å². The molecule has 0 aliphatic carbocycles. The SMILES string of the molecule is COCC1=C(C(=O)O)N2CCC2(C(C)(C)C)C(=O)S1. The minimum Gasteiger partial charge on any atom is -0.477 e. The minimum absolute atomic E-state index is 0.0308. The largest absolute Gasteiger partial charge is 0.477 e. The van der Waals surface area contributed by atoms with Gasteiger partial charge in [0.1, 0.15) is 11.2 Å². The van der Waals surface area contributed by atoms with E-state index in [9.17, 15) is 14.7 Å². The lowest BCUT2D eigenvalue weighted by Gasteiger charge is -2.61. The summed E-state index contributed by atoms with van der Waals surface area (Å²) >= 11 is 1.03. The molecule has 1 unspecified atom stereocenters. The maximum Gasteiger partial charge on any atom is 0.353 e. The molecule has 1 fully saturated rings. The smallest absolute Gasteiger partial charge is 0.353 e. The number of carbonyl (C=O) groups is 2. The van der Waals surface area contributed by atoms with Gasteiger partial charge in [0.05, 0.1) is 6.61 Å². The maximum atomic E-state index is 12.5. The number of carboxylic acid groups (broad SMARTS) is 1. The zero-order valence-electron chi connectivity index (χ0n) is 11.6. The summed E-state index contributed by atoms with van der Waals surface area (Å²) in [7, 11) is 1.50. The summed E-state index contributed by atoms with van der Waals surface area (Å²) in [6.45, 7) is 6.72. The first-order valence-electron chi connectivity index (χ1n) is 6.21. The Bertz CT molecular complexity index is 466. The molecule has 2 rings (SSSR count). The molecule has 5 nitrogen and oxygen atoms in total. The molecule has 0 bridgehead atoms. The lowest BCUT2D eigenvalue weighted by molar-refractivity contribution is -0.149. The van der Waals surface area contributed by atoms with E-state index >= 15 is 0 Å². The summed E-state index contributed by atoms with van der Waals surface area (Å²) in [4.78, 5) is 26.3. The third-order valence-electron chi connectivity index (χ3n) is 3.96. The van der Waals surface area contributed by atoms with Crippen LogP contribution in [-0.4, -0.2) is 46.9 Å². The van der Waals surface area contributed by atoms with E-state index in [2.05, 4.69) is 0 Å². The van der Waals surface area contributed by atoms with Gasteiger partial charge in [-0.3, -0.25) is 4.79 Å². The lowest BCUT2D eigenvalue weighted by atomic mass is 9.66. The minimum atomic E-state index is -0.986. The second-order valence-corrected chi connectivity index (χ2v) is 6.98. The highest BCUT2D eigenvalue weighted by molar-refractivity contribution is 8.17. The quantitative estimate of drug-likeness (QED) is 0.851. The average Bonchev–Trinajstić information content (AvgIpc) is 2.19. The van der Waals surface area contributed by atoms with Crippen LogP contribution >= 0.6 is 11.8 Å². The molecule has 6 heteroatoms. The third-order valence-corrected chi connectivity index (χ3v) is 5.05. The summed E-state index contributed by atoms with van der Waals surface area (Å²) in [5.41, 5.74) is -0.760. The second-order valence-electron chi connectivity index (χ2n) is 5.91. The van der Waals surface area contributed by atoms with Crippen molar-refractivity contribution in [3.63, 3.8) is 0 Å². The summed E-state index contributed by atoms with van der Waals surface area (Å²) in [6.07, 6.45) is 0.708. The van der Waals surface area contributed by atoms with Gasteiger partial charge in [-0.15, -0.1) is 0 Å². The number of fused-ring (bicyclic) bond motifs is 1. The molecule has 1 atom stereocenters. The number of rotatable bonds is 3. The predicted molar refractivity (Wildman–Crippen MR) is 72.6 cm³/mol. The van der Waals surface area contributed by atoms with Gasteiger partial charge in [0.25, 0.3) is 0 Å². The Hall–Kier alpha value is -1.01. The number of aliphatic carboxylic acids is 1. The number of hydrogen-bond donors (Lipinski definition) is 1. The molecule has 2 heterocycles. The summed E-state index contributed by atoms with van der Waals surface area (Å²) in [5, 5.41) is 9.47. The summed E-state index contributed by atoms with van der Waals surface area (Å²) in [5.74, 6) is -0.986. The van der Waals surface area contributed by atoms with Crippen molar-refractivity contribution in [2.24, 2.45) is 5.41 Å². The van der Waals surface area contributed by atoms with Crippen molar-refractivity contribution in [2.45, 2.75) is 32.7 Å². The highest BCUT2D eigenvalue weighted by atomic mass is 32.2. The zero-order valence-corrected chi connectivity index (χ0v) is 12.5. The molecular formula is C13H19NO4S. The predicted octanol–water partition coefficient (Wildman–Crippen LogP) is 1.69. The van der Waals surface area contributed by atoms with Gasteiger partial charge in [0, 0.05) is 18.6 Å². The van der Waals surface area contributed by atoms with Gasteiger partial charge in [-0.2, -0.15) is 0 Å². The van der Waals surface area contributed by atoms with Gasteiger partial charge in [-0.05, 0) is 23.6 Å².